The number of nitrogens with one attached hydrogen (secondary N) is 1. The van der Waals surface area contributed by atoms with Crippen LogP contribution >= 0.6 is 11.8 Å². The van der Waals surface area contributed by atoms with Crippen molar-refractivity contribution in [3.05, 3.63) is 12.2 Å². The average molecular weight is 171 g/mol. The summed E-state index contributed by atoms with van der Waals surface area (Å²) in [6.45, 7) is 9.46. The molecule has 0 saturated carbocycles. The number of thioether (sulfide) groups is 1. The Morgan fingerprint density at radius 1 is 1.73 bits per heavy atom. The second-order valence-corrected chi connectivity index (χ2v) is 5.06. The van der Waals surface area contributed by atoms with Gasteiger partial charge in [-0.05, 0) is 26.7 Å². The maximum Gasteiger partial charge on any atom is 0.0620 e. The molecule has 2 heteroatoms. The lowest BCUT2D eigenvalue weighted by molar-refractivity contribution is 0.506. The third-order valence-electron chi connectivity index (χ3n) is 2.05. The van der Waals surface area contributed by atoms with Crippen LogP contribution in [0.1, 0.15) is 26.7 Å². The van der Waals surface area contributed by atoms with Gasteiger partial charge in [-0.1, -0.05) is 5.57 Å². The van der Waals surface area contributed by atoms with Crippen LogP contribution in [-0.2, 0) is 0 Å². The van der Waals surface area contributed by atoms with Crippen LogP contribution in [0.15, 0.2) is 12.2 Å². The molecule has 0 radical (unpaired) electrons. The quantitative estimate of drug-likeness (QED) is 0.654. The summed E-state index contributed by atoms with van der Waals surface area (Å²) in [5, 5.41) is 3.51. The highest BCUT2D eigenvalue weighted by Crippen LogP contribution is 2.31. The van der Waals surface area contributed by atoms with E-state index in [0.717, 1.165) is 13.0 Å². The van der Waals surface area contributed by atoms with E-state index in [4.69, 9.17) is 0 Å². The minimum atomic E-state index is 0.332. The molecule has 1 rings (SSSR count). The standard InChI is InChI=1S/C9H17NS/c1-8(2)4-5-9(3)10-6-7-11-9/h10H,1,4-7H2,2-3H3. The van der Waals surface area contributed by atoms with E-state index in [1.54, 1.807) is 0 Å². The van der Waals surface area contributed by atoms with Crippen LogP contribution in [0.3, 0.4) is 0 Å². The van der Waals surface area contributed by atoms with Gasteiger partial charge in [0.15, 0.2) is 0 Å². The minimum absolute atomic E-state index is 0.332. The first-order valence-corrected chi connectivity index (χ1v) is 5.14. The van der Waals surface area contributed by atoms with E-state index < -0.39 is 0 Å². The largest absolute Gasteiger partial charge is 0.302 e. The maximum absolute atomic E-state index is 3.91. The molecular weight excluding hydrogens is 154 g/mol. The van der Waals surface area contributed by atoms with Gasteiger partial charge in [0.25, 0.3) is 0 Å². The zero-order valence-electron chi connectivity index (χ0n) is 7.44. The van der Waals surface area contributed by atoms with Gasteiger partial charge in [0.2, 0.25) is 0 Å². The summed E-state index contributed by atoms with van der Waals surface area (Å²) in [5.74, 6) is 1.26. The van der Waals surface area contributed by atoms with Crippen LogP contribution in [-0.4, -0.2) is 17.2 Å². The van der Waals surface area contributed by atoms with Crippen molar-refractivity contribution in [1.82, 2.24) is 5.32 Å². The predicted octanol–water partition coefficient (Wildman–Crippen LogP) is 2.40. The Morgan fingerprint density at radius 2 is 2.45 bits per heavy atom. The lowest BCUT2D eigenvalue weighted by Crippen LogP contribution is -2.33. The normalized spacial score (nSPS) is 30.7. The van der Waals surface area contributed by atoms with Crippen molar-refractivity contribution in [2.45, 2.75) is 31.6 Å². The first kappa shape index (κ1) is 9.14. The minimum Gasteiger partial charge on any atom is -0.302 e. The van der Waals surface area contributed by atoms with Crippen molar-refractivity contribution in [2.24, 2.45) is 0 Å². The summed E-state index contributed by atoms with van der Waals surface area (Å²) in [4.78, 5) is 0.332. The second-order valence-electron chi connectivity index (χ2n) is 3.46. The summed E-state index contributed by atoms with van der Waals surface area (Å²) >= 11 is 2.03. The zero-order chi connectivity index (χ0) is 8.32. The number of allylic oxidation sites excluding steroid dienone is 1. The van der Waals surface area contributed by atoms with Crippen molar-refractivity contribution >= 4 is 11.8 Å². The molecule has 0 bridgehead atoms. The first-order chi connectivity index (χ1) is 5.12. The van der Waals surface area contributed by atoms with Crippen LogP contribution in [0.4, 0.5) is 0 Å². The SMILES string of the molecule is C=C(C)CCC1(C)NCCS1. The van der Waals surface area contributed by atoms with Crippen molar-refractivity contribution < 1.29 is 0 Å². The first-order valence-electron chi connectivity index (χ1n) is 4.16. The van der Waals surface area contributed by atoms with Crippen molar-refractivity contribution in [2.75, 3.05) is 12.3 Å². The summed E-state index contributed by atoms with van der Waals surface area (Å²) < 4.78 is 0. The monoisotopic (exact) mass is 171 g/mol. The Hall–Kier alpha value is 0.0500. The molecule has 1 saturated heterocycles. The van der Waals surface area contributed by atoms with Crippen molar-refractivity contribution in [3.8, 4) is 0 Å². The van der Waals surface area contributed by atoms with Crippen LogP contribution in [0, 0.1) is 0 Å². The molecule has 0 aromatic carbocycles. The smallest absolute Gasteiger partial charge is 0.0620 e. The molecule has 0 spiro atoms. The van der Waals surface area contributed by atoms with Crippen molar-refractivity contribution in [1.29, 1.82) is 0 Å². The van der Waals surface area contributed by atoms with Gasteiger partial charge >= 0.3 is 0 Å². The molecule has 1 nitrogen and oxygen atoms in total. The summed E-state index contributed by atoms with van der Waals surface area (Å²) in [7, 11) is 0. The van der Waals surface area contributed by atoms with E-state index in [2.05, 4.69) is 25.7 Å². The highest BCUT2D eigenvalue weighted by atomic mass is 32.2. The predicted molar refractivity (Wildman–Crippen MR) is 52.9 cm³/mol. The second kappa shape index (κ2) is 3.63. The van der Waals surface area contributed by atoms with Gasteiger partial charge in [-0.25, -0.2) is 0 Å². The molecule has 0 aliphatic carbocycles. The van der Waals surface area contributed by atoms with Gasteiger partial charge in [-0.2, -0.15) is 0 Å². The summed E-state index contributed by atoms with van der Waals surface area (Å²) in [6, 6.07) is 0. The van der Waals surface area contributed by atoms with Gasteiger partial charge in [0.1, 0.15) is 0 Å². The molecule has 0 aromatic rings. The fourth-order valence-electron chi connectivity index (χ4n) is 1.26. The van der Waals surface area contributed by atoms with E-state index in [-0.39, 0.29) is 0 Å². The van der Waals surface area contributed by atoms with Crippen molar-refractivity contribution in [3.63, 3.8) is 0 Å². The molecule has 1 atom stereocenters. The van der Waals surface area contributed by atoms with Gasteiger partial charge in [0, 0.05) is 12.3 Å². The van der Waals surface area contributed by atoms with Crippen LogP contribution in [0.5, 0.6) is 0 Å². The zero-order valence-corrected chi connectivity index (χ0v) is 8.26. The van der Waals surface area contributed by atoms with Crippen LogP contribution in [0.2, 0.25) is 0 Å². The molecule has 0 aromatic heterocycles. The molecule has 1 aliphatic rings. The molecule has 1 aliphatic heterocycles. The van der Waals surface area contributed by atoms with Gasteiger partial charge in [0.05, 0.1) is 4.87 Å². The van der Waals surface area contributed by atoms with E-state index in [1.807, 2.05) is 11.8 Å². The highest BCUT2D eigenvalue weighted by molar-refractivity contribution is 8.00. The molecule has 11 heavy (non-hydrogen) atoms. The number of hydrogen-bond acceptors (Lipinski definition) is 2. The van der Waals surface area contributed by atoms with E-state index in [9.17, 15) is 0 Å². The molecule has 0 amide bonds. The van der Waals surface area contributed by atoms with Crippen LogP contribution in [0.25, 0.3) is 0 Å². The summed E-state index contributed by atoms with van der Waals surface area (Å²) in [5.41, 5.74) is 1.29. The van der Waals surface area contributed by atoms with E-state index in [1.165, 1.54) is 17.7 Å². The molecule has 1 heterocycles. The third kappa shape index (κ3) is 2.88. The average Bonchev–Trinajstić information content (AvgIpc) is 2.33. The number of rotatable bonds is 3. The topological polar surface area (TPSA) is 12.0 Å². The maximum atomic E-state index is 3.91. The van der Waals surface area contributed by atoms with Crippen LogP contribution < -0.4 is 5.32 Å². The third-order valence-corrected chi connectivity index (χ3v) is 3.44. The highest BCUT2D eigenvalue weighted by Gasteiger charge is 2.27. The molecule has 64 valence electrons. The Labute approximate surface area is 73.6 Å². The molecular formula is C9H17NS. The van der Waals surface area contributed by atoms with Gasteiger partial charge < -0.3 is 5.32 Å². The molecule has 1 unspecified atom stereocenters. The lowest BCUT2D eigenvalue weighted by Gasteiger charge is -2.23. The van der Waals surface area contributed by atoms with E-state index in [0.29, 0.717) is 4.87 Å². The van der Waals surface area contributed by atoms with Gasteiger partial charge in [-0.15, -0.1) is 18.3 Å². The Bertz CT molecular complexity index is 148. The summed E-state index contributed by atoms with van der Waals surface area (Å²) in [6.07, 6.45) is 2.36. The Balaban J connectivity index is 2.28. The number of hydrogen-bond donors (Lipinski definition) is 1. The fourth-order valence-corrected chi connectivity index (χ4v) is 2.36. The lowest BCUT2D eigenvalue weighted by atomic mass is 10.1. The molecule has 1 fully saturated rings. The Morgan fingerprint density at radius 3 is 2.91 bits per heavy atom. The van der Waals surface area contributed by atoms with Gasteiger partial charge in [-0.3, -0.25) is 0 Å². The molecule has 1 N–H and O–H groups in total. The Kier molecular flexibility index (Phi) is 3.02. The fraction of sp³-hybridized carbons (Fsp3) is 0.778. The van der Waals surface area contributed by atoms with E-state index >= 15 is 0 Å².